The molecule has 3 rings (SSSR count). The Labute approximate surface area is 191 Å². The molecule has 0 aliphatic rings. The van der Waals surface area contributed by atoms with Gasteiger partial charge in [0.25, 0.3) is 5.95 Å². The molecular formula is C19H20BrN7OS2. The van der Waals surface area contributed by atoms with Crippen LogP contribution in [0.15, 0.2) is 68.2 Å². The molecule has 156 valence electrons. The number of rotatable bonds is 8. The summed E-state index contributed by atoms with van der Waals surface area (Å²) in [6.07, 6.45) is 1.96. The van der Waals surface area contributed by atoms with Gasteiger partial charge in [-0.3, -0.25) is 4.79 Å². The van der Waals surface area contributed by atoms with Crippen molar-refractivity contribution in [2.24, 2.45) is 5.10 Å². The molecule has 0 aliphatic carbocycles. The van der Waals surface area contributed by atoms with E-state index >= 15 is 0 Å². The van der Waals surface area contributed by atoms with Gasteiger partial charge in [-0.15, -0.1) is 22.0 Å². The molecule has 30 heavy (non-hydrogen) atoms. The molecule has 0 fully saturated rings. The number of amides is 1. The van der Waals surface area contributed by atoms with Crippen molar-refractivity contribution < 1.29 is 4.79 Å². The number of carbonyl (C=O) groups excluding carboxylic acids is 1. The predicted molar refractivity (Wildman–Crippen MR) is 128 cm³/mol. The van der Waals surface area contributed by atoms with Gasteiger partial charge in [0.1, 0.15) is 0 Å². The molecule has 0 bridgehead atoms. The SMILES string of the molecule is CSc1ccccc1NC(=O)CSc1nnc(N/N=C(\C)c2ccc(Br)cc2)n1N. The number of halogens is 1. The fourth-order valence-corrected chi connectivity index (χ4v) is 3.88. The molecule has 1 amide bonds. The van der Waals surface area contributed by atoms with E-state index in [9.17, 15) is 4.79 Å². The highest BCUT2D eigenvalue weighted by atomic mass is 79.9. The Morgan fingerprint density at radius 3 is 2.67 bits per heavy atom. The molecule has 8 nitrogen and oxygen atoms in total. The van der Waals surface area contributed by atoms with E-state index in [1.54, 1.807) is 11.8 Å². The molecule has 11 heteroatoms. The monoisotopic (exact) mass is 505 g/mol. The summed E-state index contributed by atoms with van der Waals surface area (Å²) in [5, 5.41) is 15.6. The molecule has 0 atom stereocenters. The van der Waals surface area contributed by atoms with E-state index < -0.39 is 0 Å². The van der Waals surface area contributed by atoms with E-state index in [2.05, 4.69) is 42.0 Å². The molecule has 0 saturated carbocycles. The number of hydrazone groups is 1. The summed E-state index contributed by atoms with van der Waals surface area (Å²) < 4.78 is 2.27. The third-order valence-electron chi connectivity index (χ3n) is 3.96. The Hall–Kier alpha value is -2.50. The molecule has 4 N–H and O–H groups in total. The Morgan fingerprint density at radius 2 is 1.93 bits per heavy atom. The topological polar surface area (TPSA) is 110 Å². The van der Waals surface area contributed by atoms with Crippen LogP contribution in [0.1, 0.15) is 12.5 Å². The first kappa shape index (κ1) is 22.2. The Morgan fingerprint density at radius 1 is 1.20 bits per heavy atom. The van der Waals surface area contributed by atoms with E-state index in [0.717, 1.165) is 26.3 Å². The fourth-order valence-electron chi connectivity index (χ4n) is 2.41. The number of nitrogens with one attached hydrogen (secondary N) is 2. The molecule has 3 aromatic rings. The van der Waals surface area contributed by atoms with Gasteiger partial charge in [-0.25, -0.2) is 10.1 Å². The van der Waals surface area contributed by atoms with Crippen molar-refractivity contribution in [1.82, 2.24) is 14.9 Å². The largest absolute Gasteiger partial charge is 0.334 e. The summed E-state index contributed by atoms with van der Waals surface area (Å²) in [5.74, 6) is 6.31. The average molecular weight is 506 g/mol. The van der Waals surface area contributed by atoms with Gasteiger partial charge in [-0.05, 0) is 43.0 Å². The van der Waals surface area contributed by atoms with Crippen LogP contribution in [0.25, 0.3) is 0 Å². The first-order chi connectivity index (χ1) is 14.5. The molecule has 0 spiro atoms. The molecule has 0 saturated heterocycles. The molecule has 0 aliphatic heterocycles. The minimum absolute atomic E-state index is 0.150. The van der Waals surface area contributed by atoms with Crippen LogP contribution in [-0.2, 0) is 4.79 Å². The summed E-state index contributed by atoms with van der Waals surface area (Å²) in [7, 11) is 0. The zero-order valence-electron chi connectivity index (χ0n) is 16.3. The summed E-state index contributed by atoms with van der Waals surface area (Å²) >= 11 is 6.17. The minimum atomic E-state index is -0.150. The number of hydrogen-bond donors (Lipinski definition) is 3. The highest BCUT2D eigenvalue weighted by Crippen LogP contribution is 2.25. The summed E-state index contributed by atoms with van der Waals surface area (Å²) in [6, 6.07) is 15.4. The molecule has 2 aromatic carbocycles. The fraction of sp³-hybridized carbons (Fsp3) is 0.158. The number of thioether (sulfide) groups is 2. The van der Waals surface area contributed by atoms with Gasteiger partial charge >= 0.3 is 0 Å². The van der Waals surface area contributed by atoms with E-state index in [-0.39, 0.29) is 17.6 Å². The lowest BCUT2D eigenvalue weighted by molar-refractivity contribution is -0.113. The van der Waals surface area contributed by atoms with Gasteiger partial charge in [-0.2, -0.15) is 5.10 Å². The van der Waals surface area contributed by atoms with Crippen molar-refractivity contribution in [2.45, 2.75) is 17.0 Å². The molecule has 0 radical (unpaired) electrons. The Balaban J connectivity index is 1.58. The van der Waals surface area contributed by atoms with Crippen LogP contribution in [-0.4, -0.2) is 38.5 Å². The highest BCUT2D eigenvalue weighted by Gasteiger charge is 2.13. The van der Waals surface area contributed by atoms with E-state index in [0.29, 0.717) is 5.16 Å². The molecule has 1 heterocycles. The molecule has 1 aromatic heterocycles. The van der Waals surface area contributed by atoms with Crippen molar-refractivity contribution in [3.05, 3.63) is 58.6 Å². The molecular weight excluding hydrogens is 486 g/mol. The molecule has 0 unspecified atom stereocenters. The number of aromatic nitrogens is 3. The van der Waals surface area contributed by atoms with Crippen LogP contribution in [0, 0.1) is 0 Å². The van der Waals surface area contributed by atoms with Crippen molar-refractivity contribution in [1.29, 1.82) is 0 Å². The van der Waals surface area contributed by atoms with Gasteiger partial charge < -0.3 is 11.2 Å². The van der Waals surface area contributed by atoms with Crippen LogP contribution >= 0.6 is 39.5 Å². The van der Waals surface area contributed by atoms with Gasteiger partial charge in [0.2, 0.25) is 11.1 Å². The number of benzene rings is 2. The van der Waals surface area contributed by atoms with E-state index in [1.165, 1.54) is 16.4 Å². The van der Waals surface area contributed by atoms with Gasteiger partial charge in [0.15, 0.2) is 0 Å². The third kappa shape index (κ3) is 5.77. The second kappa shape index (κ2) is 10.5. The number of hydrogen-bond acceptors (Lipinski definition) is 8. The number of nitrogens with zero attached hydrogens (tertiary/aromatic N) is 4. The van der Waals surface area contributed by atoms with Crippen molar-refractivity contribution >= 4 is 62.7 Å². The number of anilines is 2. The first-order valence-corrected chi connectivity index (χ1v) is 11.8. The maximum atomic E-state index is 12.3. The van der Waals surface area contributed by atoms with Crippen LogP contribution in [0.2, 0.25) is 0 Å². The third-order valence-corrected chi connectivity index (χ3v) is 6.23. The van der Waals surface area contributed by atoms with Crippen LogP contribution in [0.5, 0.6) is 0 Å². The second-order valence-electron chi connectivity index (χ2n) is 6.03. The maximum absolute atomic E-state index is 12.3. The van der Waals surface area contributed by atoms with Gasteiger partial charge in [0, 0.05) is 9.37 Å². The highest BCUT2D eigenvalue weighted by molar-refractivity contribution is 9.10. The van der Waals surface area contributed by atoms with E-state index in [1.807, 2.05) is 61.7 Å². The van der Waals surface area contributed by atoms with Gasteiger partial charge in [-0.1, -0.05) is 52.0 Å². The smallest absolute Gasteiger partial charge is 0.264 e. The van der Waals surface area contributed by atoms with Gasteiger partial charge in [0.05, 0.1) is 17.2 Å². The lowest BCUT2D eigenvalue weighted by Gasteiger charge is -2.09. The maximum Gasteiger partial charge on any atom is 0.264 e. The second-order valence-corrected chi connectivity index (χ2v) is 8.74. The zero-order chi connectivity index (χ0) is 21.5. The van der Waals surface area contributed by atoms with Crippen molar-refractivity contribution in [3.63, 3.8) is 0 Å². The lowest BCUT2D eigenvalue weighted by atomic mass is 10.1. The Bertz CT molecular complexity index is 1050. The average Bonchev–Trinajstić information content (AvgIpc) is 3.11. The standard InChI is InChI=1S/C19H20BrN7OS2/c1-12(13-7-9-14(20)10-8-13)23-24-18-25-26-19(27(18)21)30-11-17(28)22-15-5-3-4-6-16(15)29-2/h3-10H,11,21H2,1-2H3,(H,22,28)(H,24,25)/b23-12+. The van der Waals surface area contributed by atoms with Crippen LogP contribution < -0.4 is 16.6 Å². The number of carbonyl (C=O) groups is 1. The predicted octanol–water partition coefficient (Wildman–Crippen LogP) is 4.04. The quantitative estimate of drug-likeness (QED) is 0.183. The zero-order valence-corrected chi connectivity index (χ0v) is 19.5. The van der Waals surface area contributed by atoms with E-state index in [4.69, 9.17) is 5.84 Å². The summed E-state index contributed by atoms with van der Waals surface area (Å²) in [6.45, 7) is 1.87. The van der Waals surface area contributed by atoms with Crippen LogP contribution in [0.4, 0.5) is 11.6 Å². The summed E-state index contributed by atoms with van der Waals surface area (Å²) in [5.41, 5.74) is 5.33. The number of nitrogen functional groups attached to an aromatic ring is 1. The van der Waals surface area contributed by atoms with Crippen molar-refractivity contribution in [3.8, 4) is 0 Å². The Kier molecular flexibility index (Phi) is 7.77. The number of para-hydroxylation sites is 1. The normalized spacial score (nSPS) is 11.4. The first-order valence-electron chi connectivity index (χ1n) is 8.80. The number of nitrogens with two attached hydrogens (primary N) is 1. The van der Waals surface area contributed by atoms with Crippen molar-refractivity contribution in [2.75, 3.05) is 28.6 Å². The lowest BCUT2D eigenvalue weighted by Crippen LogP contribution is -2.17. The van der Waals surface area contributed by atoms with Crippen LogP contribution in [0.3, 0.4) is 0 Å². The summed E-state index contributed by atoms with van der Waals surface area (Å²) in [4.78, 5) is 13.3. The minimum Gasteiger partial charge on any atom is -0.334 e.